The van der Waals surface area contributed by atoms with Crippen LogP contribution in [-0.2, 0) is 12.8 Å². The van der Waals surface area contributed by atoms with E-state index in [9.17, 15) is 9.59 Å². The third-order valence-corrected chi connectivity index (χ3v) is 4.77. The fraction of sp³-hybridized carbons (Fsp3) is 0.0870. The van der Waals surface area contributed by atoms with E-state index in [0.717, 1.165) is 53.1 Å². The molecule has 0 saturated carbocycles. The minimum absolute atomic E-state index is 0.680. The number of H-pyrrole nitrogens is 1. The molecular formula is C23H18N2O2. The molecule has 4 rings (SSSR count). The molecule has 4 nitrogen and oxygen atoms in total. The van der Waals surface area contributed by atoms with Crippen molar-refractivity contribution in [2.45, 2.75) is 12.8 Å². The number of imidazole rings is 1. The average Bonchev–Trinajstić information content (AvgIpc) is 3.21. The van der Waals surface area contributed by atoms with Crippen LogP contribution in [0.25, 0.3) is 11.0 Å². The Hall–Kier alpha value is -3.53. The zero-order valence-electron chi connectivity index (χ0n) is 14.7. The number of rotatable bonds is 6. The molecule has 0 unspecified atom stereocenters. The lowest BCUT2D eigenvalue weighted by Gasteiger charge is -2.08. The van der Waals surface area contributed by atoms with E-state index in [-0.39, 0.29) is 0 Å². The Labute approximate surface area is 156 Å². The van der Waals surface area contributed by atoms with Gasteiger partial charge >= 0.3 is 0 Å². The molecule has 0 bridgehead atoms. The summed E-state index contributed by atoms with van der Waals surface area (Å²) >= 11 is 0. The van der Waals surface area contributed by atoms with E-state index in [2.05, 4.69) is 22.1 Å². The summed E-state index contributed by atoms with van der Waals surface area (Å²) in [7, 11) is 0. The number of hydrogen-bond acceptors (Lipinski definition) is 3. The Morgan fingerprint density at radius 2 is 1.22 bits per heavy atom. The fourth-order valence-electron chi connectivity index (χ4n) is 3.30. The van der Waals surface area contributed by atoms with Crippen LogP contribution in [0, 0.1) is 0 Å². The molecule has 0 spiro atoms. The monoisotopic (exact) mass is 354 g/mol. The van der Waals surface area contributed by atoms with Gasteiger partial charge in [0.15, 0.2) is 0 Å². The number of aromatic nitrogens is 2. The second-order valence-corrected chi connectivity index (χ2v) is 6.58. The van der Waals surface area contributed by atoms with Gasteiger partial charge in [0.1, 0.15) is 12.6 Å². The quantitative estimate of drug-likeness (QED) is 0.523. The summed E-state index contributed by atoms with van der Waals surface area (Å²) in [6.45, 7) is 0. The topological polar surface area (TPSA) is 62.8 Å². The predicted molar refractivity (Wildman–Crippen MR) is 105 cm³/mol. The highest BCUT2D eigenvalue weighted by Crippen LogP contribution is 2.24. The number of aromatic amines is 1. The largest absolute Gasteiger partial charge is 0.344 e. The van der Waals surface area contributed by atoms with Crippen molar-refractivity contribution >= 4 is 23.6 Å². The highest BCUT2D eigenvalue weighted by Gasteiger charge is 2.10. The van der Waals surface area contributed by atoms with Crippen LogP contribution in [0.15, 0.2) is 67.0 Å². The third kappa shape index (κ3) is 3.55. The van der Waals surface area contributed by atoms with Gasteiger partial charge in [-0.1, -0.05) is 60.7 Å². The second-order valence-electron chi connectivity index (χ2n) is 6.58. The normalized spacial score (nSPS) is 10.8. The van der Waals surface area contributed by atoms with E-state index in [0.29, 0.717) is 11.1 Å². The average molecular weight is 354 g/mol. The molecule has 0 amide bonds. The minimum Gasteiger partial charge on any atom is -0.344 e. The maximum Gasteiger partial charge on any atom is 0.150 e. The number of fused-ring (bicyclic) bond motifs is 1. The van der Waals surface area contributed by atoms with Crippen molar-refractivity contribution in [3.63, 3.8) is 0 Å². The standard InChI is InChI=1S/C23H18N2O2/c26-13-18-5-1-16(2-6-18)11-20-9-10-21(23-22(20)24-15-25-23)12-17-3-7-19(14-27)8-4-17/h1-10,13-15H,11-12H2,(H,24,25). The van der Waals surface area contributed by atoms with Gasteiger partial charge in [-0.3, -0.25) is 9.59 Å². The predicted octanol–water partition coefficient (Wildman–Crippen LogP) is 4.37. The van der Waals surface area contributed by atoms with Crippen LogP contribution in [0.1, 0.15) is 43.0 Å². The van der Waals surface area contributed by atoms with Gasteiger partial charge in [-0.25, -0.2) is 4.98 Å². The van der Waals surface area contributed by atoms with Crippen LogP contribution in [-0.4, -0.2) is 22.5 Å². The van der Waals surface area contributed by atoms with Crippen molar-refractivity contribution in [3.05, 3.63) is 100 Å². The van der Waals surface area contributed by atoms with Crippen molar-refractivity contribution in [1.29, 1.82) is 0 Å². The molecule has 27 heavy (non-hydrogen) atoms. The zero-order valence-corrected chi connectivity index (χ0v) is 14.7. The van der Waals surface area contributed by atoms with Crippen molar-refractivity contribution in [3.8, 4) is 0 Å². The summed E-state index contributed by atoms with van der Waals surface area (Å²) in [6, 6.07) is 19.5. The molecule has 1 heterocycles. The Morgan fingerprint density at radius 1 is 0.704 bits per heavy atom. The molecule has 0 fully saturated rings. The van der Waals surface area contributed by atoms with Crippen molar-refractivity contribution in [2.75, 3.05) is 0 Å². The molecule has 0 radical (unpaired) electrons. The lowest BCUT2D eigenvalue weighted by molar-refractivity contribution is 0.111. The molecule has 0 aliphatic rings. The Kier molecular flexibility index (Phi) is 4.62. The molecule has 0 saturated heterocycles. The van der Waals surface area contributed by atoms with Crippen LogP contribution in [0.3, 0.4) is 0 Å². The molecule has 4 heteroatoms. The SMILES string of the molecule is O=Cc1ccc(Cc2ccc(Cc3ccc(C=O)cc3)c3[nH]cnc23)cc1. The van der Waals surface area contributed by atoms with E-state index < -0.39 is 0 Å². The van der Waals surface area contributed by atoms with E-state index in [1.165, 1.54) is 5.56 Å². The number of aldehydes is 2. The van der Waals surface area contributed by atoms with Crippen LogP contribution >= 0.6 is 0 Å². The second kappa shape index (κ2) is 7.38. The number of carbonyl (C=O) groups is 2. The first-order valence-electron chi connectivity index (χ1n) is 8.79. The maximum atomic E-state index is 10.8. The van der Waals surface area contributed by atoms with Crippen LogP contribution in [0.2, 0.25) is 0 Å². The first-order chi connectivity index (χ1) is 13.3. The number of nitrogens with zero attached hydrogens (tertiary/aromatic N) is 1. The highest BCUT2D eigenvalue weighted by molar-refractivity contribution is 5.82. The van der Waals surface area contributed by atoms with Gasteiger partial charge < -0.3 is 4.98 Å². The Balaban J connectivity index is 1.62. The van der Waals surface area contributed by atoms with E-state index >= 15 is 0 Å². The van der Waals surface area contributed by atoms with Gasteiger partial charge in [0.25, 0.3) is 0 Å². The number of carbonyl (C=O) groups excluding carboxylic acids is 2. The number of benzene rings is 3. The van der Waals surface area contributed by atoms with Gasteiger partial charge in [0, 0.05) is 11.1 Å². The molecule has 3 aromatic carbocycles. The summed E-state index contributed by atoms with van der Waals surface area (Å²) in [5.74, 6) is 0. The van der Waals surface area contributed by atoms with E-state index in [1.807, 2.05) is 48.5 Å². The number of hydrogen-bond donors (Lipinski definition) is 1. The minimum atomic E-state index is 0.680. The summed E-state index contributed by atoms with van der Waals surface area (Å²) in [5.41, 5.74) is 7.97. The highest BCUT2D eigenvalue weighted by atomic mass is 16.1. The van der Waals surface area contributed by atoms with Crippen molar-refractivity contribution in [1.82, 2.24) is 9.97 Å². The summed E-state index contributed by atoms with van der Waals surface area (Å²) in [4.78, 5) is 29.4. The third-order valence-electron chi connectivity index (χ3n) is 4.77. The molecule has 1 N–H and O–H groups in total. The molecule has 1 aromatic heterocycles. The first kappa shape index (κ1) is 16.9. The van der Waals surface area contributed by atoms with E-state index in [1.54, 1.807) is 6.33 Å². The summed E-state index contributed by atoms with van der Waals surface area (Å²) in [5, 5.41) is 0. The van der Waals surface area contributed by atoms with Crippen LogP contribution in [0.4, 0.5) is 0 Å². The summed E-state index contributed by atoms with van der Waals surface area (Å²) in [6.07, 6.45) is 4.96. The van der Waals surface area contributed by atoms with Gasteiger partial charge in [0.2, 0.25) is 0 Å². The molecular weight excluding hydrogens is 336 g/mol. The molecule has 0 aliphatic heterocycles. The van der Waals surface area contributed by atoms with Crippen molar-refractivity contribution in [2.24, 2.45) is 0 Å². The molecule has 4 aromatic rings. The molecule has 0 aliphatic carbocycles. The van der Waals surface area contributed by atoms with Crippen LogP contribution in [0.5, 0.6) is 0 Å². The lowest BCUT2D eigenvalue weighted by atomic mass is 9.97. The molecule has 0 atom stereocenters. The zero-order chi connectivity index (χ0) is 18.6. The van der Waals surface area contributed by atoms with Crippen LogP contribution < -0.4 is 0 Å². The Morgan fingerprint density at radius 3 is 1.78 bits per heavy atom. The first-order valence-corrected chi connectivity index (χ1v) is 8.79. The van der Waals surface area contributed by atoms with Gasteiger partial charge in [-0.15, -0.1) is 0 Å². The van der Waals surface area contributed by atoms with Gasteiger partial charge in [-0.05, 0) is 35.1 Å². The lowest BCUT2D eigenvalue weighted by Crippen LogP contribution is -1.95. The summed E-state index contributed by atoms with van der Waals surface area (Å²) < 4.78 is 0. The molecule has 132 valence electrons. The Bertz CT molecular complexity index is 1010. The van der Waals surface area contributed by atoms with Crippen molar-refractivity contribution < 1.29 is 9.59 Å². The fourth-order valence-corrected chi connectivity index (χ4v) is 3.30. The number of nitrogens with one attached hydrogen (secondary N) is 1. The van der Waals surface area contributed by atoms with E-state index in [4.69, 9.17) is 0 Å². The smallest absolute Gasteiger partial charge is 0.150 e. The van der Waals surface area contributed by atoms with Gasteiger partial charge in [-0.2, -0.15) is 0 Å². The maximum absolute atomic E-state index is 10.8. The van der Waals surface area contributed by atoms with Gasteiger partial charge in [0.05, 0.1) is 17.4 Å².